The molecule has 1 unspecified atom stereocenters. The second-order valence-electron chi connectivity index (χ2n) is 6.53. The zero-order chi connectivity index (χ0) is 15.7. The minimum atomic E-state index is 0.191. The van der Waals surface area contributed by atoms with Crippen molar-refractivity contribution in [1.29, 1.82) is 0 Å². The highest BCUT2D eigenvalue weighted by molar-refractivity contribution is 7.99. The van der Waals surface area contributed by atoms with Crippen molar-refractivity contribution in [2.45, 2.75) is 46.1 Å². The zero-order valence-electron chi connectivity index (χ0n) is 14.2. The van der Waals surface area contributed by atoms with Crippen molar-refractivity contribution in [1.82, 2.24) is 5.32 Å². The van der Waals surface area contributed by atoms with Gasteiger partial charge >= 0.3 is 0 Å². The molecule has 1 aromatic rings. The van der Waals surface area contributed by atoms with Crippen molar-refractivity contribution in [3.05, 3.63) is 29.8 Å². The molecule has 0 radical (unpaired) electrons. The first kappa shape index (κ1) is 18.4. The third-order valence-corrected chi connectivity index (χ3v) is 4.41. The molecule has 0 spiro atoms. The van der Waals surface area contributed by atoms with Gasteiger partial charge in [-0.3, -0.25) is 0 Å². The summed E-state index contributed by atoms with van der Waals surface area (Å²) in [4.78, 5) is 0. The van der Waals surface area contributed by atoms with E-state index in [1.807, 2.05) is 11.8 Å². The fourth-order valence-corrected chi connectivity index (χ4v) is 3.00. The fraction of sp³-hybridized carbons (Fsp3) is 0.667. The van der Waals surface area contributed by atoms with Crippen molar-refractivity contribution in [3.8, 4) is 5.75 Å². The van der Waals surface area contributed by atoms with Gasteiger partial charge in [0.25, 0.3) is 0 Å². The van der Waals surface area contributed by atoms with E-state index in [0.717, 1.165) is 18.7 Å². The van der Waals surface area contributed by atoms with Crippen molar-refractivity contribution < 1.29 is 4.74 Å². The Kier molecular flexibility index (Phi) is 8.20. The largest absolute Gasteiger partial charge is 0.497 e. The van der Waals surface area contributed by atoms with Gasteiger partial charge in [-0.2, -0.15) is 11.8 Å². The van der Waals surface area contributed by atoms with Gasteiger partial charge in [0.05, 0.1) is 7.11 Å². The summed E-state index contributed by atoms with van der Waals surface area (Å²) in [6.07, 6.45) is 2.41. The molecule has 2 nitrogen and oxygen atoms in total. The van der Waals surface area contributed by atoms with Crippen LogP contribution in [-0.2, 0) is 6.42 Å². The van der Waals surface area contributed by atoms with Gasteiger partial charge in [0.1, 0.15) is 5.75 Å². The zero-order valence-corrected chi connectivity index (χ0v) is 15.1. The lowest BCUT2D eigenvalue weighted by atomic mass is 9.95. The summed E-state index contributed by atoms with van der Waals surface area (Å²) >= 11 is 2.04. The average molecular weight is 310 g/mol. The molecule has 0 bridgehead atoms. The first-order valence-electron chi connectivity index (χ1n) is 7.90. The molecule has 1 aromatic carbocycles. The Morgan fingerprint density at radius 1 is 1.19 bits per heavy atom. The summed E-state index contributed by atoms with van der Waals surface area (Å²) in [5.41, 5.74) is 1.59. The Labute approximate surface area is 135 Å². The molecule has 0 heterocycles. The number of hydrogen-bond acceptors (Lipinski definition) is 3. The van der Waals surface area contributed by atoms with Crippen LogP contribution < -0.4 is 10.1 Å². The lowest BCUT2D eigenvalue weighted by Gasteiger charge is -2.25. The van der Waals surface area contributed by atoms with Crippen molar-refractivity contribution in [2.75, 3.05) is 25.2 Å². The average Bonchev–Trinajstić information content (AvgIpc) is 2.45. The Morgan fingerprint density at radius 3 is 2.38 bits per heavy atom. The van der Waals surface area contributed by atoms with E-state index in [-0.39, 0.29) is 5.54 Å². The van der Waals surface area contributed by atoms with Crippen LogP contribution in [0.3, 0.4) is 0 Å². The molecule has 0 aromatic heterocycles. The summed E-state index contributed by atoms with van der Waals surface area (Å²) in [6, 6.07) is 8.50. The van der Waals surface area contributed by atoms with Gasteiger partial charge < -0.3 is 10.1 Å². The van der Waals surface area contributed by atoms with E-state index in [9.17, 15) is 0 Å². The van der Waals surface area contributed by atoms with Crippen LogP contribution in [0.5, 0.6) is 5.75 Å². The maximum atomic E-state index is 5.23. The lowest BCUT2D eigenvalue weighted by molar-refractivity contribution is 0.364. The summed E-state index contributed by atoms with van der Waals surface area (Å²) < 4.78 is 5.23. The number of rotatable bonds is 9. The third-order valence-electron chi connectivity index (χ3n) is 3.48. The second-order valence-corrected chi connectivity index (χ2v) is 7.93. The first-order chi connectivity index (χ1) is 9.94. The van der Waals surface area contributed by atoms with Gasteiger partial charge in [-0.05, 0) is 75.3 Å². The van der Waals surface area contributed by atoms with E-state index in [4.69, 9.17) is 4.74 Å². The highest BCUT2D eigenvalue weighted by atomic mass is 32.2. The van der Waals surface area contributed by atoms with Crippen LogP contribution in [0.15, 0.2) is 24.3 Å². The van der Waals surface area contributed by atoms with E-state index in [2.05, 4.69) is 57.3 Å². The second kappa shape index (κ2) is 9.37. The smallest absolute Gasteiger partial charge is 0.118 e. The lowest BCUT2D eigenvalue weighted by Crippen LogP contribution is -2.39. The van der Waals surface area contributed by atoms with Crippen LogP contribution in [0.4, 0.5) is 0 Å². The highest BCUT2D eigenvalue weighted by Gasteiger charge is 2.15. The molecule has 21 heavy (non-hydrogen) atoms. The quantitative estimate of drug-likeness (QED) is 0.684. The monoisotopic (exact) mass is 309 g/mol. The molecule has 0 fully saturated rings. The highest BCUT2D eigenvalue weighted by Crippen LogP contribution is 2.18. The number of hydrogen-bond donors (Lipinski definition) is 1. The third kappa shape index (κ3) is 8.37. The molecule has 120 valence electrons. The predicted molar refractivity (Wildman–Crippen MR) is 95.6 cm³/mol. The molecule has 3 heteroatoms. The maximum absolute atomic E-state index is 5.23. The standard InChI is InChI=1S/C18H31NOS/c1-6-21-12-11-16(14-19-18(2,3)4)13-15-7-9-17(20-5)10-8-15/h7-10,16,19H,6,11-14H2,1-5H3. The number of ether oxygens (including phenoxy) is 1. The summed E-state index contributed by atoms with van der Waals surface area (Å²) in [5.74, 6) is 4.09. The number of benzene rings is 1. The van der Waals surface area contributed by atoms with Gasteiger partial charge in [0.15, 0.2) is 0 Å². The Hall–Kier alpha value is -0.670. The summed E-state index contributed by atoms with van der Waals surface area (Å²) in [7, 11) is 1.72. The van der Waals surface area contributed by atoms with Gasteiger partial charge in [0, 0.05) is 5.54 Å². The summed E-state index contributed by atoms with van der Waals surface area (Å²) in [6.45, 7) is 10.0. The van der Waals surface area contributed by atoms with E-state index in [1.54, 1.807) is 7.11 Å². The first-order valence-corrected chi connectivity index (χ1v) is 9.05. The normalized spacial score (nSPS) is 13.2. The van der Waals surface area contributed by atoms with E-state index in [0.29, 0.717) is 5.92 Å². The Balaban J connectivity index is 2.56. The van der Waals surface area contributed by atoms with Gasteiger partial charge in [0.2, 0.25) is 0 Å². The van der Waals surface area contributed by atoms with Crippen LogP contribution in [0, 0.1) is 5.92 Å². The minimum absolute atomic E-state index is 0.191. The molecule has 0 amide bonds. The van der Waals surface area contributed by atoms with Crippen molar-refractivity contribution in [2.24, 2.45) is 5.92 Å². The molecular weight excluding hydrogens is 278 g/mol. The predicted octanol–water partition coefficient (Wildman–Crippen LogP) is 4.39. The van der Waals surface area contributed by atoms with Gasteiger partial charge in [-0.25, -0.2) is 0 Å². The molecule has 0 saturated carbocycles. The number of thioether (sulfide) groups is 1. The van der Waals surface area contributed by atoms with E-state index in [1.165, 1.54) is 23.5 Å². The number of nitrogens with one attached hydrogen (secondary N) is 1. The van der Waals surface area contributed by atoms with Crippen LogP contribution >= 0.6 is 11.8 Å². The van der Waals surface area contributed by atoms with E-state index < -0.39 is 0 Å². The maximum Gasteiger partial charge on any atom is 0.118 e. The number of methoxy groups -OCH3 is 1. The topological polar surface area (TPSA) is 21.3 Å². The minimum Gasteiger partial charge on any atom is -0.497 e. The molecule has 0 aliphatic carbocycles. The summed E-state index contributed by atoms with van der Waals surface area (Å²) in [5, 5.41) is 3.66. The molecule has 1 N–H and O–H groups in total. The SMILES string of the molecule is CCSCCC(CNC(C)(C)C)Cc1ccc(OC)cc1. The van der Waals surface area contributed by atoms with Crippen LogP contribution in [0.25, 0.3) is 0 Å². The van der Waals surface area contributed by atoms with E-state index >= 15 is 0 Å². The molecule has 1 rings (SSSR count). The van der Waals surface area contributed by atoms with Crippen LogP contribution in [-0.4, -0.2) is 30.7 Å². The van der Waals surface area contributed by atoms with Crippen LogP contribution in [0.1, 0.15) is 39.7 Å². The molecule has 1 atom stereocenters. The van der Waals surface area contributed by atoms with Crippen molar-refractivity contribution in [3.63, 3.8) is 0 Å². The molecular formula is C18H31NOS. The molecule has 0 aliphatic heterocycles. The van der Waals surface area contributed by atoms with Gasteiger partial charge in [-0.1, -0.05) is 19.1 Å². The fourth-order valence-electron chi connectivity index (χ4n) is 2.22. The van der Waals surface area contributed by atoms with Crippen LogP contribution in [0.2, 0.25) is 0 Å². The van der Waals surface area contributed by atoms with Crippen molar-refractivity contribution >= 4 is 11.8 Å². The molecule has 0 saturated heterocycles. The Bertz CT molecular complexity index is 383. The Morgan fingerprint density at radius 2 is 1.86 bits per heavy atom. The molecule has 0 aliphatic rings. The van der Waals surface area contributed by atoms with Gasteiger partial charge in [-0.15, -0.1) is 0 Å².